The molecular formula is C23H24BrFN3O4. The van der Waals surface area contributed by atoms with Crippen LogP contribution in [-0.2, 0) is 11.2 Å². The standard InChI is InChI=1S/C23H24BrFN3O4/c1-14(30)32-22-10-16-20(12-21(22)31-2)26-13-27-23(16)28-19-11-17(24)18(25)9-15(19)7-5-3-4-6-8-29/h5,9-13,29H,3-4,6-8H2,1-2H3,(H,26,27,28). The maximum absolute atomic E-state index is 14.2. The molecule has 0 bridgehead atoms. The van der Waals surface area contributed by atoms with Gasteiger partial charge in [0.25, 0.3) is 0 Å². The monoisotopic (exact) mass is 504 g/mol. The van der Waals surface area contributed by atoms with Gasteiger partial charge in [0, 0.05) is 30.7 Å². The minimum Gasteiger partial charge on any atom is -0.493 e. The topological polar surface area (TPSA) is 93.6 Å². The quantitative estimate of drug-likeness (QED) is 0.225. The summed E-state index contributed by atoms with van der Waals surface area (Å²) in [5.74, 6) is 0.272. The van der Waals surface area contributed by atoms with Crippen LogP contribution in [0.15, 0.2) is 35.1 Å². The summed E-state index contributed by atoms with van der Waals surface area (Å²) >= 11 is 3.24. The summed E-state index contributed by atoms with van der Waals surface area (Å²) < 4.78 is 25.1. The Morgan fingerprint density at radius 1 is 1.22 bits per heavy atom. The number of rotatable bonds is 10. The molecule has 0 fully saturated rings. The number of hydrogen-bond donors (Lipinski definition) is 2. The molecule has 32 heavy (non-hydrogen) atoms. The van der Waals surface area contributed by atoms with Gasteiger partial charge in [0.2, 0.25) is 0 Å². The summed E-state index contributed by atoms with van der Waals surface area (Å²) in [6.07, 6.45) is 6.44. The van der Waals surface area contributed by atoms with Crippen LogP contribution >= 0.6 is 15.9 Å². The first-order valence-electron chi connectivity index (χ1n) is 10.1. The lowest BCUT2D eigenvalue weighted by Gasteiger charge is -2.15. The number of anilines is 2. The van der Waals surface area contributed by atoms with E-state index < -0.39 is 5.97 Å². The number of nitrogens with zero attached hydrogens (tertiary/aromatic N) is 2. The summed E-state index contributed by atoms with van der Waals surface area (Å²) in [5.41, 5.74) is 2.03. The summed E-state index contributed by atoms with van der Waals surface area (Å²) in [6, 6.07) is 6.44. The Hall–Kier alpha value is -2.78. The van der Waals surface area contributed by atoms with Crippen molar-refractivity contribution >= 4 is 44.3 Å². The summed E-state index contributed by atoms with van der Waals surface area (Å²) in [5, 5.41) is 12.8. The summed E-state index contributed by atoms with van der Waals surface area (Å²) in [6.45, 7) is 1.47. The molecule has 169 valence electrons. The highest BCUT2D eigenvalue weighted by Gasteiger charge is 2.15. The van der Waals surface area contributed by atoms with Gasteiger partial charge in [-0.2, -0.15) is 0 Å². The highest BCUT2D eigenvalue weighted by atomic mass is 79.9. The molecule has 9 heteroatoms. The number of halogens is 2. The van der Waals surface area contributed by atoms with Crippen molar-refractivity contribution in [2.75, 3.05) is 19.0 Å². The van der Waals surface area contributed by atoms with Crippen molar-refractivity contribution in [3.05, 3.63) is 52.9 Å². The van der Waals surface area contributed by atoms with Crippen LogP contribution in [0.25, 0.3) is 10.9 Å². The molecule has 0 unspecified atom stereocenters. The van der Waals surface area contributed by atoms with Gasteiger partial charge in [0.05, 0.1) is 17.1 Å². The number of carbonyl (C=O) groups excluding carboxylic acids is 1. The number of hydrogen-bond acceptors (Lipinski definition) is 7. The molecule has 1 aromatic heterocycles. The molecule has 3 rings (SSSR count). The predicted molar refractivity (Wildman–Crippen MR) is 124 cm³/mol. The van der Waals surface area contributed by atoms with Gasteiger partial charge >= 0.3 is 5.97 Å². The number of aliphatic hydroxyl groups is 1. The largest absolute Gasteiger partial charge is 0.493 e. The van der Waals surface area contributed by atoms with E-state index >= 15 is 0 Å². The van der Waals surface area contributed by atoms with Crippen molar-refractivity contribution in [2.24, 2.45) is 0 Å². The van der Waals surface area contributed by atoms with Gasteiger partial charge in [-0.1, -0.05) is 6.42 Å². The van der Waals surface area contributed by atoms with E-state index in [1.165, 1.54) is 26.4 Å². The molecule has 0 aliphatic rings. The number of esters is 1. The van der Waals surface area contributed by atoms with Crippen LogP contribution < -0.4 is 14.8 Å². The molecule has 3 aromatic rings. The number of nitrogens with one attached hydrogen (secondary N) is 1. The van der Waals surface area contributed by atoms with E-state index in [1.54, 1.807) is 18.2 Å². The first-order chi connectivity index (χ1) is 15.4. The lowest BCUT2D eigenvalue weighted by Crippen LogP contribution is -2.05. The summed E-state index contributed by atoms with van der Waals surface area (Å²) in [7, 11) is 1.48. The Morgan fingerprint density at radius 2 is 2.03 bits per heavy atom. The minimum absolute atomic E-state index is 0.161. The third kappa shape index (κ3) is 5.92. The van der Waals surface area contributed by atoms with Gasteiger partial charge < -0.3 is 19.9 Å². The van der Waals surface area contributed by atoms with Gasteiger partial charge in [0.1, 0.15) is 18.0 Å². The smallest absolute Gasteiger partial charge is 0.308 e. The molecule has 0 amide bonds. The van der Waals surface area contributed by atoms with Crippen molar-refractivity contribution in [1.82, 2.24) is 9.97 Å². The Balaban J connectivity index is 1.96. The zero-order chi connectivity index (χ0) is 23.1. The Bertz CT molecular complexity index is 1110. The van der Waals surface area contributed by atoms with E-state index in [-0.39, 0.29) is 18.2 Å². The second kappa shape index (κ2) is 11.2. The highest BCUT2D eigenvalue weighted by molar-refractivity contribution is 9.10. The van der Waals surface area contributed by atoms with Crippen LogP contribution in [0.5, 0.6) is 11.5 Å². The number of aromatic nitrogens is 2. The van der Waals surface area contributed by atoms with Gasteiger partial charge in [-0.3, -0.25) is 4.79 Å². The number of unbranched alkanes of at least 4 members (excludes halogenated alkanes) is 3. The number of aliphatic hydroxyl groups excluding tert-OH is 1. The Morgan fingerprint density at radius 3 is 2.75 bits per heavy atom. The van der Waals surface area contributed by atoms with Crippen LogP contribution in [0.4, 0.5) is 15.9 Å². The SMILES string of the molecule is COc1cc2ncnc(Nc3cc(Br)c(F)cc3C[CH]CCCCO)c2cc1OC(C)=O. The molecule has 0 aliphatic carbocycles. The van der Waals surface area contributed by atoms with E-state index in [2.05, 4.69) is 37.6 Å². The number of benzene rings is 2. The van der Waals surface area contributed by atoms with Crippen LogP contribution in [-0.4, -0.2) is 34.8 Å². The fraction of sp³-hybridized carbons (Fsp3) is 0.304. The molecule has 0 aliphatic heterocycles. The van der Waals surface area contributed by atoms with E-state index in [4.69, 9.17) is 14.6 Å². The molecule has 2 N–H and O–H groups in total. The molecule has 0 saturated heterocycles. The van der Waals surface area contributed by atoms with Crippen molar-refractivity contribution in [1.29, 1.82) is 0 Å². The second-order valence-corrected chi connectivity index (χ2v) is 7.95. The molecule has 7 nitrogen and oxygen atoms in total. The van der Waals surface area contributed by atoms with Crippen LogP contribution in [0, 0.1) is 12.2 Å². The first kappa shape index (κ1) is 23.9. The summed E-state index contributed by atoms with van der Waals surface area (Å²) in [4.78, 5) is 20.1. The minimum atomic E-state index is -0.476. The van der Waals surface area contributed by atoms with Crippen molar-refractivity contribution < 1.29 is 23.8 Å². The van der Waals surface area contributed by atoms with Crippen molar-refractivity contribution in [3.8, 4) is 11.5 Å². The molecular weight excluding hydrogens is 481 g/mol. The molecule has 1 radical (unpaired) electrons. The molecule has 0 saturated carbocycles. The first-order valence-corrected chi connectivity index (χ1v) is 10.9. The number of ether oxygens (including phenoxy) is 2. The van der Waals surface area contributed by atoms with E-state index in [9.17, 15) is 9.18 Å². The lowest BCUT2D eigenvalue weighted by molar-refractivity contribution is -0.132. The number of fused-ring (bicyclic) bond motifs is 1. The van der Waals surface area contributed by atoms with Crippen molar-refractivity contribution in [3.63, 3.8) is 0 Å². The number of methoxy groups -OCH3 is 1. The van der Waals surface area contributed by atoms with Crippen LogP contribution in [0.3, 0.4) is 0 Å². The van der Waals surface area contributed by atoms with E-state index in [0.29, 0.717) is 39.1 Å². The maximum atomic E-state index is 14.2. The second-order valence-electron chi connectivity index (χ2n) is 7.10. The number of carbonyl (C=O) groups is 1. The van der Waals surface area contributed by atoms with Crippen molar-refractivity contribution in [2.45, 2.75) is 32.6 Å². The fourth-order valence-corrected chi connectivity index (χ4v) is 3.56. The predicted octanol–water partition coefficient (Wildman–Crippen LogP) is 5.12. The highest BCUT2D eigenvalue weighted by Crippen LogP contribution is 2.36. The normalized spacial score (nSPS) is 10.9. The third-order valence-corrected chi connectivity index (χ3v) is 5.36. The van der Waals surface area contributed by atoms with Crippen LogP contribution in [0.2, 0.25) is 0 Å². The van der Waals surface area contributed by atoms with E-state index in [1.807, 2.05) is 0 Å². The van der Waals surface area contributed by atoms with Gasteiger partial charge in [0.15, 0.2) is 11.5 Å². The fourth-order valence-electron chi connectivity index (χ4n) is 3.22. The average molecular weight is 505 g/mol. The Kier molecular flexibility index (Phi) is 8.35. The lowest BCUT2D eigenvalue weighted by atomic mass is 10.0. The Labute approximate surface area is 194 Å². The zero-order valence-electron chi connectivity index (χ0n) is 17.8. The van der Waals surface area contributed by atoms with Gasteiger partial charge in [-0.15, -0.1) is 0 Å². The van der Waals surface area contributed by atoms with Gasteiger partial charge in [-0.05, 0) is 65.4 Å². The van der Waals surface area contributed by atoms with Crippen LogP contribution in [0.1, 0.15) is 31.7 Å². The van der Waals surface area contributed by atoms with Gasteiger partial charge in [-0.25, -0.2) is 14.4 Å². The maximum Gasteiger partial charge on any atom is 0.308 e. The molecule has 1 heterocycles. The third-order valence-electron chi connectivity index (χ3n) is 4.75. The molecule has 0 atom stereocenters. The van der Waals surface area contributed by atoms with E-state index in [0.717, 1.165) is 24.8 Å². The molecule has 2 aromatic carbocycles. The zero-order valence-corrected chi connectivity index (χ0v) is 19.4. The average Bonchev–Trinajstić information content (AvgIpc) is 2.76. The molecule has 0 spiro atoms.